The van der Waals surface area contributed by atoms with Crippen LogP contribution >= 0.6 is 0 Å². The van der Waals surface area contributed by atoms with Crippen molar-refractivity contribution in [3.8, 4) is 0 Å². The van der Waals surface area contributed by atoms with E-state index in [1.54, 1.807) is 11.9 Å². The van der Waals surface area contributed by atoms with E-state index in [0.29, 0.717) is 12.8 Å². The molecule has 0 atom stereocenters. The van der Waals surface area contributed by atoms with Crippen LogP contribution < -0.4 is 0 Å². The molecule has 1 amide bonds. The van der Waals surface area contributed by atoms with Gasteiger partial charge < -0.3 is 14.7 Å². The molecule has 0 spiro atoms. The number of hydrogen-bond acceptors (Lipinski definition) is 3. The zero-order chi connectivity index (χ0) is 18.3. The fraction of sp³-hybridized carbons (Fsp3) is 0.650. The second-order valence-corrected chi connectivity index (χ2v) is 9.01. The number of carbonyl (C=O) groups excluding carboxylic acids is 1. The molecular formula is C20H31NO3. The number of benzene rings is 1. The second kappa shape index (κ2) is 6.07. The number of hydrogen-bond donors (Lipinski definition) is 1. The van der Waals surface area contributed by atoms with E-state index in [-0.39, 0.29) is 17.6 Å². The van der Waals surface area contributed by atoms with Crippen molar-refractivity contribution in [3.63, 3.8) is 0 Å². The molecule has 0 bridgehead atoms. The Morgan fingerprint density at radius 1 is 1.12 bits per heavy atom. The number of carbonyl (C=O) groups is 1. The first-order chi connectivity index (χ1) is 10.8. The van der Waals surface area contributed by atoms with E-state index >= 15 is 0 Å². The molecule has 0 radical (unpaired) electrons. The minimum absolute atomic E-state index is 0.00661. The van der Waals surface area contributed by atoms with Gasteiger partial charge in [-0.3, -0.25) is 0 Å². The lowest BCUT2D eigenvalue weighted by Crippen LogP contribution is -2.54. The van der Waals surface area contributed by atoms with Gasteiger partial charge in [0.25, 0.3) is 0 Å². The van der Waals surface area contributed by atoms with Gasteiger partial charge in [0.1, 0.15) is 5.60 Å². The molecular weight excluding hydrogens is 302 g/mol. The van der Waals surface area contributed by atoms with Crippen molar-refractivity contribution in [1.82, 2.24) is 4.90 Å². The normalized spacial score (nSPS) is 24.2. The van der Waals surface area contributed by atoms with E-state index in [0.717, 1.165) is 5.56 Å². The summed E-state index contributed by atoms with van der Waals surface area (Å²) in [4.78, 5) is 13.7. The highest BCUT2D eigenvalue weighted by atomic mass is 16.6. The maximum atomic E-state index is 12.1. The highest BCUT2D eigenvalue weighted by Crippen LogP contribution is 2.44. The predicted molar refractivity (Wildman–Crippen MR) is 96.1 cm³/mol. The van der Waals surface area contributed by atoms with Gasteiger partial charge in [0.05, 0.1) is 5.60 Å². The maximum absolute atomic E-state index is 12.1. The number of aliphatic hydroxyl groups is 1. The monoisotopic (exact) mass is 333 g/mol. The summed E-state index contributed by atoms with van der Waals surface area (Å²) in [5.41, 5.74) is 0.909. The van der Waals surface area contributed by atoms with Crippen molar-refractivity contribution in [2.75, 3.05) is 7.05 Å². The average molecular weight is 333 g/mol. The quantitative estimate of drug-likeness (QED) is 0.882. The Morgan fingerprint density at radius 2 is 1.62 bits per heavy atom. The lowest BCUT2D eigenvalue weighted by Gasteiger charge is -2.47. The largest absolute Gasteiger partial charge is 0.444 e. The Hall–Kier alpha value is -1.55. The fourth-order valence-electron chi connectivity index (χ4n) is 2.99. The molecule has 4 heteroatoms. The smallest absolute Gasteiger partial charge is 0.410 e. The maximum Gasteiger partial charge on any atom is 0.410 e. The summed E-state index contributed by atoms with van der Waals surface area (Å²) in [6.45, 7) is 12.1. The first-order valence-electron chi connectivity index (χ1n) is 8.61. The van der Waals surface area contributed by atoms with Crippen LogP contribution in [0.2, 0.25) is 0 Å². The van der Waals surface area contributed by atoms with Crippen LogP contribution in [0.25, 0.3) is 0 Å². The highest BCUT2D eigenvalue weighted by molar-refractivity contribution is 5.68. The molecule has 4 nitrogen and oxygen atoms in total. The number of rotatable bonds is 2. The van der Waals surface area contributed by atoms with Crippen LogP contribution in [-0.2, 0) is 15.8 Å². The SMILES string of the molecule is CN(C(=O)OC(C)(C)C)C1CC(O)(c2ccc(C(C)(C)C)cc2)C1. The molecule has 1 aromatic carbocycles. The van der Waals surface area contributed by atoms with E-state index in [9.17, 15) is 9.90 Å². The molecule has 0 unspecified atom stereocenters. The van der Waals surface area contributed by atoms with Crippen molar-refractivity contribution in [3.05, 3.63) is 35.4 Å². The average Bonchev–Trinajstić information content (AvgIpc) is 2.40. The molecule has 1 saturated carbocycles. The minimum Gasteiger partial charge on any atom is -0.444 e. The topological polar surface area (TPSA) is 49.8 Å². The zero-order valence-electron chi connectivity index (χ0n) is 16.0. The lowest BCUT2D eigenvalue weighted by molar-refractivity contribution is -0.0926. The Bertz CT molecular complexity index is 587. The number of amides is 1. The van der Waals surface area contributed by atoms with Gasteiger partial charge in [-0.1, -0.05) is 45.0 Å². The minimum atomic E-state index is -0.850. The molecule has 1 N–H and O–H groups in total. The molecule has 0 saturated heterocycles. The van der Waals surface area contributed by atoms with Gasteiger partial charge in [0.2, 0.25) is 0 Å². The Balaban J connectivity index is 2.00. The summed E-state index contributed by atoms with van der Waals surface area (Å²) >= 11 is 0. The fourth-order valence-corrected chi connectivity index (χ4v) is 2.99. The molecule has 0 heterocycles. The summed E-state index contributed by atoms with van der Waals surface area (Å²) in [6.07, 6.45) is 0.743. The van der Waals surface area contributed by atoms with Crippen molar-refractivity contribution in [2.24, 2.45) is 0 Å². The number of ether oxygens (including phenoxy) is 1. The van der Waals surface area contributed by atoms with Crippen molar-refractivity contribution in [1.29, 1.82) is 0 Å². The molecule has 0 aliphatic heterocycles. The van der Waals surface area contributed by atoms with E-state index in [1.807, 2.05) is 32.9 Å². The Labute approximate surface area is 145 Å². The summed E-state index contributed by atoms with van der Waals surface area (Å²) in [5, 5.41) is 10.8. The Morgan fingerprint density at radius 3 is 2.04 bits per heavy atom. The molecule has 24 heavy (non-hydrogen) atoms. The van der Waals surface area contributed by atoms with Gasteiger partial charge in [-0.05, 0) is 37.3 Å². The molecule has 134 valence electrons. The molecule has 1 fully saturated rings. The summed E-state index contributed by atoms with van der Waals surface area (Å²) in [5.74, 6) is 0. The van der Waals surface area contributed by atoms with Crippen LogP contribution in [0.1, 0.15) is 65.5 Å². The summed E-state index contributed by atoms with van der Waals surface area (Å²) < 4.78 is 5.39. The third-order valence-corrected chi connectivity index (χ3v) is 4.66. The van der Waals surface area contributed by atoms with E-state index < -0.39 is 11.2 Å². The van der Waals surface area contributed by atoms with Gasteiger partial charge in [0.15, 0.2) is 0 Å². The van der Waals surface area contributed by atoms with Crippen LogP contribution in [0.15, 0.2) is 24.3 Å². The first-order valence-corrected chi connectivity index (χ1v) is 8.61. The lowest BCUT2D eigenvalue weighted by atomic mass is 9.70. The third-order valence-electron chi connectivity index (χ3n) is 4.66. The Kier molecular flexibility index (Phi) is 4.75. The van der Waals surface area contributed by atoms with Gasteiger partial charge in [-0.15, -0.1) is 0 Å². The van der Waals surface area contributed by atoms with Gasteiger partial charge >= 0.3 is 6.09 Å². The standard InChI is InChI=1S/C20H31NO3/c1-18(2,3)14-8-10-15(11-9-14)20(23)12-16(13-20)21(7)17(22)24-19(4,5)6/h8-11,16,23H,12-13H2,1-7H3. The van der Waals surface area contributed by atoms with Crippen LogP contribution in [0.5, 0.6) is 0 Å². The van der Waals surface area contributed by atoms with Crippen molar-refractivity contribution < 1.29 is 14.6 Å². The van der Waals surface area contributed by atoms with Gasteiger partial charge in [0, 0.05) is 25.9 Å². The van der Waals surface area contributed by atoms with Crippen LogP contribution in [0.4, 0.5) is 4.79 Å². The third kappa shape index (κ3) is 4.10. The first kappa shape index (κ1) is 18.8. The second-order valence-electron chi connectivity index (χ2n) is 9.01. The summed E-state index contributed by atoms with van der Waals surface area (Å²) in [7, 11) is 1.74. The zero-order valence-corrected chi connectivity index (χ0v) is 16.0. The predicted octanol–water partition coefficient (Wildman–Crippen LogP) is 4.20. The molecule has 0 aromatic heterocycles. The van der Waals surface area contributed by atoms with E-state index in [2.05, 4.69) is 32.9 Å². The van der Waals surface area contributed by atoms with Crippen LogP contribution in [-0.4, -0.2) is 34.8 Å². The van der Waals surface area contributed by atoms with Gasteiger partial charge in [-0.2, -0.15) is 0 Å². The van der Waals surface area contributed by atoms with Crippen LogP contribution in [0.3, 0.4) is 0 Å². The molecule has 2 rings (SSSR count). The van der Waals surface area contributed by atoms with Crippen molar-refractivity contribution >= 4 is 6.09 Å². The van der Waals surface area contributed by atoms with Crippen molar-refractivity contribution in [2.45, 2.75) is 77.0 Å². The highest BCUT2D eigenvalue weighted by Gasteiger charge is 2.47. The van der Waals surface area contributed by atoms with Crippen LogP contribution in [0, 0.1) is 0 Å². The van der Waals surface area contributed by atoms with Gasteiger partial charge in [-0.25, -0.2) is 4.79 Å². The molecule has 1 aliphatic carbocycles. The molecule has 1 aliphatic rings. The molecule has 1 aromatic rings. The number of nitrogens with zero attached hydrogens (tertiary/aromatic N) is 1. The van der Waals surface area contributed by atoms with E-state index in [1.165, 1.54) is 5.56 Å². The van der Waals surface area contributed by atoms with E-state index in [4.69, 9.17) is 4.74 Å². The summed E-state index contributed by atoms with van der Waals surface area (Å²) in [6, 6.07) is 8.18.